The van der Waals surface area contributed by atoms with Crippen molar-refractivity contribution in [1.82, 2.24) is 4.90 Å². The Balaban J connectivity index is 1.79. The predicted octanol–water partition coefficient (Wildman–Crippen LogP) is 1.78. The van der Waals surface area contributed by atoms with Gasteiger partial charge in [0, 0.05) is 30.9 Å². The number of rotatable bonds is 5. The van der Waals surface area contributed by atoms with Crippen LogP contribution in [-0.4, -0.2) is 42.5 Å². The Kier molecular flexibility index (Phi) is 4.15. The molecule has 1 fully saturated rings. The van der Waals surface area contributed by atoms with E-state index in [1.807, 2.05) is 11.0 Å². The first-order chi connectivity index (χ1) is 10.2. The number of carbonyl (C=O) groups excluding carboxylic acids is 1. The molecule has 3 rings (SSSR count). The van der Waals surface area contributed by atoms with Crippen LogP contribution in [0.2, 0.25) is 0 Å². The zero-order valence-corrected chi connectivity index (χ0v) is 12.8. The normalized spacial score (nSPS) is 21.0. The summed E-state index contributed by atoms with van der Waals surface area (Å²) in [6.45, 7) is 3.95. The van der Waals surface area contributed by atoms with Crippen LogP contribution in [0.15, 0.2) is 24.3 Å². The molecule has 1 aliphatic heterocycles. The average molecular weight is 287 g/mol. The van der Waals surface area contributed by atoms with Gasteiger partial charge >= 0.3 is 0 Å². The zero-order valence-electron chi connectivity index (χ0n) is 12.8. The third-order valence-corrected chi connectivity index (χ3v) is 4.72. The number of nitrogens with zero attached hydrogens (tertiary/aromatic N) is 2. The van der Waals surface area contributed by atoms with Gasteiger partial charge in [0.15, 0.2) is 0 Å². The molecule has 1 unspecified atom stereocenters. The molecule has 0 radical (unpaired) electrons. The number of hydrogen-bond acceptors (Lipinski definition) is 3. The lowest BCUT2D eigenvalue weighted by Crippen LogP contribution is -2.50. The van der Waals surface area contributed by atoms with E-state index in [9.17, 15) is 4.79 Å². The summed E-state index contributed by atoms with van der Waals surface area (Å²) in [5.74, 6) is 0.246. The van der Waals surface area contributed by atoms with E-state index in [1.165, 1.54) is 11.3 Å². The van der Waals surface area contributed by atoms with Crippen LogP contribution in [0.1, 0.15) is 31.7 Å². The minimum absolute atomic E-state index is 0.246. The first-order valence-corrected chi connectivity index (χ1v) is 8.08. The Morgan fingerprint density at radius 2 is 2.10 bits per heavy atom. The molecular formula is C17H25N3O. The number of aryl methyl sites for hydroxylation is 1. The van der Waals surface area contributed by atoms with Gasteiger partial charge in [0.05, 0.1) is 6.54 Å². The number of nitrogens with two attached hydrogens (primary N) is 1. The van der Waals surface area contributed by atoms with Gasteiger partial charge in [-0.3, -0.25) is 4.79 Å². The topological polar surface area (TPSA) is 49.6 Å². The molecular weight excluding hydrogens is 262 g/mol. The molecule has 4 heteroatoms. The SMILES string of the molecule is CCN(C(=O)CN1c2ccccc2CCC1CN)C1CC1. The van der Waals surface area contributed by atoms with Gasteiger partial charge < -0.3 is 15.5 Å². The van der Waals surface area contributed by atoms with Crippen LogP contribution in [0.3, 0.4) is 0 Å². The Bertz CT molecular complexity index is 513. The van der Waals surface area contributed by atoms with Gasteiger partial charge in [-0.1, -0.05) is 18.2 Å². The fourth-order valence-electron chi connectivity index (χ4n) is 3.40. The number of likely N-dealkylation sites (N-methyl/N-ethyl adjacent to an activating group) is 1. The summed E-state index contributed by atoms with van der Waals surface area (Å²) in [5, 5.41) is 0. The lowest BCUT2D eigenvalue weighted by molar-refractivity contribution is -0.130. The van der Waals surface area contributed by atoms with Crippen molar-refractivity contribution < 1.29 is 4.79 Å². The van der Waals surface area contributed by atoms with E-state index < -0.39 is 0 Å². The van der Waals surface area contributed by atoms with Gasteiger partial charge in [0.25, 0.3) is 0 Å². The maximum atomic E-state index is 12.6. The molecule has 2 aliphatic rings. The molecule has 114 valence electrons. The Labute approximate surface area is 126 Å². The number of anilines is 1. The van der Waals surface area contributed by atoms with Gasteiger partial charge in [0.2, 0.25) is 5.91 Å². The van der Waals surface area contributed by atoms with Crippen molar-refractivity contribution in [3.63, 3.8) is 0 Å². The highest BCUT2D eigenvalue weighted by molar-refractivity contribution is 5.82. The third-order valence-electron chi connectivity index (χ3n) is 4.72. The molecule has 0 bridgehead atoms. The molecule has 0 saturated heterocycles. The quantitative estimate of drug-likeness (QED) is 0.898. The Morgan fingerprint density at radius 1 is 1.33 bits per heavy atom. The Hall–Kier alpha value is -1.55. The molecule has 1 heterocycles. The minimum Gasteiger partial charge on any atom is -0.358 e. The van der Waals surface area contributed by atoms with E-state index in [4.69, 9.17) is 5.73 Å². The summed E-state index contributed by atoms with van der Waals surface area (Å²) in [5.41, 5.74) is 8.47. The van der Waals surface area contributed by atoms with Crippen molar-refractivity contribution >= 4 is 11.6 Å². The maximum absolute atomic E-state index is 12.6. The summed E-state index contributed by atoms with van der Waals surface area (Å²) >= 11 is 0. The third kappa shape index (κ3) is 2.91. The Morgan fingerprint density at radius 3 is 2.76 bits per heavy atom. The number of amides is 1. The van der Waals surface area contributed by atoms with Gasteiger partial charge in [-0.05, 0) is 44.2 Å². The standard InChI is InChI=1S/C17H25N3O/c1-2-19(14-9-10-14)17(21)12-20-15(11-18)8-7-13-5-3-4-6-16(13)20/h3-6,14-15H,2,7-12,18H2,1H3. The van der Waals surface area contributed by atoms with Crippen molar-refractivity contribution in [2.24, 2.45) is 5.73 Å². The van der Waals surface area contributed by atoms with Gasteiger partial charge in [-0.15, -0.1) is 0 Å². The lowest BCUT2D eigenvalue weighted by atomic mass is 9.95. The fraction of sp³-hybridized carbons (Fsp3) is 0.588. The molecule has 1 atom stereocenters. The molecule has 1 aromatic carbocycles. The van der Waals surface area contributed by atoms with Crippen LogP contribution in [0.4, 0.5) is 5.69 Å². The molecule has 2 N–H and O–H groups in total. The van der Waals surface area contributed by atoms with Crippen molar-refractivity contribution in [2.75, 3.05) is 24.5 Å². The highest BCUT2D eigenvalue weighted by Gasteiger charge is 2.34. The van der Waals surface area contributed by atoms with Gasteiger partial charge in [-0.2, -0.15) is 0 Å². The number of para-hydroxylation sites is 1. The van der Waals surface area contributed by atoms with Crippen molar-refractivity contribution in [3.05, 3.63) is 29.8 Å². The number of benzene rings is 1. The monoisotopic (exact) mass is 287 g/mol. The first-order valence-electron chi connectivity index (χ1n) is 8.08. The van der Waals surface area contributed by atoms with Crippen LogP contribution < -0.4 is 10.6 Å². The van der Waals surface area contributed by atoms with E-state index in [2.05, 4.69) is 30.0 Å². The van der Waals surface area contributed by atoms with E-state index in [1.54, 1.807) is 0 Å². The van der Waals surface area contributed by atoms with E-state index >= 15 is 0 Å². The van der Waals surface area contributed by atoms with Crippen LogP contribution in [0.25, 0.3) is 0 Å². The van der Waals surface area contributed by atoms with Crippen LogP contribution >= 0.6 is 0 Å². The smallest absolute Gasteiger partial charge is 0.242 e. The summed E-state index contributed by atoms with van der Waals surface area (Å²) < 4.78 is 0. The van der Waals surface area contributed by atoms with Crippen molar-refractivity contribution in [1.29, 1.82) is 0 Å². The van der Waals surface area contributed by atoms with Gasteiger partial charge in [-0.25, -0.2) is 0 Å². The number of fused-ring (bicyclic) bond motifs is 1. The highest BCUT2D eigenvalue weighted by Crippen LogP contribution is 2.31. The predicted molar refractivity (Wildman–Crippen MR) is 85.4 cm³/mol. The van der Waals surface area contributed by atoms with Gasteiger partial charge in [0.1, 0.15) is 0 Å². The van der Waals surface area contributed by atoms with E-state index in [0.717, 1.165) is 32.2 Å². The second kappa shape index (κ2) is 6.06. The summed E-state index contributed by atoms with van der Waals surface area (Å²) in [4.78, 5) is 16.9. The van der Waals surface area contributed by atoms with Crippen molar-refractivity contribution in [3.8, 4) is 0 Å². The lowest BCUT2D eigenvalue weighted by Gasteiger charge is -2.39. The van der Waals surface area contributed by atoms with Crippen LogP contribution in [0.5, 0.6) is 0 Å². The summed E-state index contributed by atoms with van der Waals surface area (Å²) in [6.07, 6.45) is 4.42. The highest BCUT2D eigenvalue weighted by atomic mass is 16.2. The fourth-order valence-corrected chi connectivity index (χ4v) is 3.40. The van der Waals surface area contributed by atoms with E-state index in [-0.39, 0.29) is 11.9 Å². The minimum atomic E-state index is 0.246. The molecule has 0 spiro atoms. The molecule has 1 aliphatic carbocycles. The largest absolute Gasteiger partial charge is 0.358 e. The molecule has 4 nitrogen and oxygen atoms in total. The number of hydrogen-bond donors (Lipinski definition) is 1. The second-order valence-electron chi connectivity index (χ2n) is 6.10. The second-order valence-corrected chi connectivity index (χ2v) is 6.10. The average Bonchev–Trinajstić information content (AvgIpc) is 3.33. The van der Waals surface area contributed by atoms with Crippen LogP contribution in [0, 0.1) is 0 Å². The first kappa shape index (κ1) is 14.4. The van der Waals surface area contributed by atoms with Crippen molar-refractivity contribution in [2.45, 2.75) is 44.7 Å². The maximum Gasteiger partial charge on any atom is 0.242 e. The molecule has 0 aromatic heterocycles. The van der Waals surface area contributed by atoms with E-state index in [0.29, 0.717) is 19.1 Å². The molecule has 21 heavy (non-hydrogen) atoms. The summed E-state index contributed by atoms with van der Waals surface area (Å²) in [6, 6.07) is 9.17. The molecule has 1 aromatic rings. The van der Waals surface area contributed by atoms with Crippen LogP contribution in [-0.2, 0) is 11.2 Å². The summed E-state index contributed by atoms with van der Waals surface area (Å²) in [7, 11) is 0. The molecule has 1 amide bonds. The number of carbonyl (C=O) groups is 1. The molecule has 1 saturated carbocycles. The zero-order chi connectivity index (χ0) is 14.8.